The molecule has 0 spiro atoms. The van der Waals surface area contributed by atoms with Crippen molar-refractivity contribution in [3.05, 3.63) is 34.3 Å². The molecule has 152 valence electrons. The van der Waals surface area contributed by atoms with Crippen LogP contribution in [0.4, 0.5) is 0 Å². The Bertz CT molecular complexity index is 603. The van der Waals surface area contributed by atoms with Crippen LogP contribution in [0.15, 0.2) is 33.7 Å². The number of guanidine groups is 1. The summed E-state index contributed by atoms with van der Waals surface area (Å²) in [4.78, 5) is 6.87. The highest BCUT2D eigenvalue weighted by atomic mass is 127. The quantitative estimate of drug-likeness (QED) is 0.225. The van der Waals surface area contributed by atoms with Gasteiger partial charge in [-0.25, -0.2) is 0 Å². The predicted molar refractivity (Wildman–Crippen MR) is 126 cm³/mol. The number of ether oxygens (including phenoxy) is 1. The van der Waals surface area contributed by atoms with Gasteiger partial charge in [0.1, 0.15) is 0 Å². The van der Waals surface area contributed by atoms with E-state index in [1.165, 1.54) is 35.8 Å². The Morgan fingerprint density at radius 3 is 2.59 bits per heavy atom. The van der Waals surface area contributed by atoms with Crippen LogP contribution in [0.1, 0.15) is 31.2 Å². The van der Waals surface area contributed by atoms with Crippen LogP contribution in [0.25, 0.3) is 0 Å². The monoisotopic (exact) mass is 550 g/mol. The van der Waals surface area contributed by atoms with Gasteiger partial charge in [0.05, 0.1) is 13.2 Å². The fourth-order valence-corrected chi connectivity index (χ4v) is 4.25. The molecule has 1 aliphatic heterocycles. The van der Waals surface area contributed by atoms with Gasteiger partial charge in [0.2, 0.25) is 0 Å². The minimum absolute atomic E-state index is 0. The maximum atomic E-state index is 5.39. The van der Waals surface area contributed by atoms with Gasteiger partial charge in [-0.15, -0.1) is 24.0 Å². The molecule has 5 nitrogen and oxygen atoms in total. The van der Waals surface area contributed by atoms with Gasteiger partial charge in [0.15, 0.2) is 5.96 Å². The Kier molecular flexibility index (Phi) is 9.82. The minimum Gasteiger partial charge on any atom is -0.379 e. The van der Waals surface area contributed by atoms with E-state index >= 15 is 0 Å². The molecule has 1 aliphatic carbocycles. The van der Waals surface area contributed by atoms with Gasteiger partial charge >= 0.3 is 0 Å². The first kappa shape index (κ1) is 22.9. The third kappa shape index (κ3) is 6.87. The van der Waals surface area contributed by atoms with E-state index in [4.69, 9.17) is 4.74 Å². The van der Waals surface area contributed by atoms with Crippen LogP contribution in [0.2, 0.25) is 0 Å². The number of aliphatic imine (C=N–C) groups is 1. The number of rotatable bonds is 8. The highest BCUT2D eigenvalue weighted by molar-refractivity contribution is 14.0. The van der Waals surface area contributed by atoms with Gasteiger partial charge in [-0.05, 0) is 43.9 Å². The number of morpholine rings is 1. The number of hydrogen-bond acceptors (Lipinski definition) is 3. The summed E-state index contributed by atoms with van der Waals surface area (Å²) in [5.41, 5.74) is 1.67. The Labute approximate surface area is 188 Å². The maximum absolute atomic E-state index is 5.39. The lowest BCUT2D eigenvalue weighted by atomic mass is 9.96. The second-order valence-corrected chi connectivity index (χ2v) is 8.13. The van der Waals surface area contributed by atoms with Crippen LogP contribution < -0.4 is 10.6 Å². The maximum Gasteiger partial charge on any atom is 0.191 e. The van der Waals surface area contributed by atoms with E-state index in [0.717, 1.165) is 51.8 Å². The molecule has 0 atom stereocenters. The van der Waals surface area contributed by atoms with Crippen molar-refractivity contribution in [2.24, 2.45) is 4.99 Å². The summed E-state index contributed by atoms with van der Waals surface area (Å²) in [7, 11) is 1.85. The van der Waals surface area contributed by atoms with Gasteiger partial charge in [0, 0.05) is 43.1 Å². The molecular formula is C20H32BrIN4O. The molecule has 2 fully saturated rings. The van der Waals surface area contributed by atoms with E-state index in [9.17, 15) is 0 Å². The van der Waals surface area contributed by atoms with Crippen molar-refractivity contribution in [3.8, 4) is 0 Å². The molecule has 0 amide bonds. The number of halogens is 2. The van der Waals surface area contributed by atoms with Crippen molar-refractivity contribution in [1.82, 2.24) is 15.5 Å². The molecule has 3 rings (SSSR count). The molecule has 1 heterocycles. The molecule has 1 saturated heterocycles. The van der Waals surface area contributed by atoms with Gasteiger partial charge in [-0.1, -0.05) is 34.1 Å². The Balaban J connectivity index is 0.00000261. The minimum atomic E-state index is 0. The van der Waals surface area contributed by atoms with E-state index in [-0.39, 0.29) is 29.4 Å². The lowest BCUT2D eigenvalue weighted by Gasteiger charge is -2.26. The highest BCUT2D eigenvalue weighted by Crippen LogP contribution is 2.49. The third-order valence-corrected chi connectivity index (χ3v) is 6.11. The number of benzene rings is 1. The summed E-state index contributed by atoms with van der Waals surface area (Å²) >= 11 is 3.70. The van der Waals surface area contributed by atoms with E-state index < -0.39 is 0 Å². The van der Waals surface area contributed by atoms with Gasteiger partial charge in [-0.2, -0.15) is 0 Å². The van der Waals surface area contributed by atoms with Crippen molar-refractivity contribution < 1.29 is 4.74 Å². The summed E-state index contributed by atoms with van der Waals surface area (Å²) in [6, 6.07) is 8.58. The van der Waals surface area contributed by atoms with Gasteiger partial charge in [-0.3, -0.25) is 9.89 Å². The molecule has 27 heavy (non-hydrogen) atoms. The second kappa shape index (κ2) is 11.6. The van der Waals surface area contributed by atoms with E-state index in [1.54, 1.807) is 0 Å². The van der Waals surface area contributed by atoms with E-state index in [0.29, 0.717) is 0 Å². The standard InChI is InChI=1S/C20H31BrN4O.HI/c1-22-19(23-10-4-5-11-25-12-14-26-15-13-25)24-16-20(8-9-20)17-6-2-3-7-18(17)21;/h2-3,6-7H,4-5,8-16H2,1H3,(H2,22,23,24);1H. The van der Waals surface area contributed by atoms with Crippen LogP contribution in [-0.4, -0.2) is 63.8 Å². The van der Waals surface area contributed by atoms with Crippen LogP contribution >= 0.6 is 39.9 Å². The summed E-state index contributed by atoms with van der Waals surface area (Å²) in [6.07, 6.45) is 4.84. The van der Waals surface area contributed by atoms with Crippen LogP contribution in [-0.2, 0) is 10.2 Å². The van der Waals surface area contributed by atoms with Crippen molar-refractivity contribution in [1.29, 1.82) is 0 Å². The zero-order valence-electron chi connectivity index (χ0n) is 16.2. The first-order valence-corrected chi connectivity index (χ1v) is 10.5. The van der Waals surface area contributed by atoms with E-state index in [1.807, 2.05) is 7.05 Å². The zero-order chi connectivity index (χ0) is 18.2. The molecule has 1 aromatic rings. The zero-order valence-corrected chi connectivity index (χ0v) is 20.1. The molecule has 0 aromatic heterocycles. The average Bonchev–Trinajstić information content (AvgIpc) is 3.46. The SMILES string of the molecule is CN=C(NCCCCN1CCOCC1)NCC1(c2ccccc2Br)CC1.I. The summed E-state index contributed by atoms with van der Waals surface area (Å²) in [5.74, 6) is 0.912. The van der Waals surface area contributed by atoms with Crippen LogP contribution in [0.5, 0.6) is 0 Å². The molecular weight excluding hydrogens is 519 g/mol. The normalized spacial score (nSPS) is 19.3. The highest BCUT2D eigenvalue weighted by Gasteiger charge is 2.45. The fourth-order valence-electron chi connectivity index (χ4n) is 3.55. The average molecular weight is 551 g/mol. The predicted octanol–water partition coefficient (Wildman–Crippen LogP) is 3.38. The third-order valence-electron chi connectivity index (χ3n) is 5.41. The molecule has 2 N–H and O–H groups in total. The number of hydrogen-bond donors (Lipinski definition) is 2. The van der Waals surface area contributed by atoms with Crippen molar-refractivity contribution in [3.63, 3.8) is 0 Å². The second-order valence-electron chi connectivity index (χ2n) is 7.27. The van der Waals surface area contributed by atoms with Gasteiger partial charge in [0.25, 0.3) is 0 Å². The number of nitrogens with one attached hydrogen (secondary N) is 2. The molecule has 1 aromatic carbocycles. The Hall–Kier alpha value is -0.380. The fraction of sp³-hybridized carbons (Fsp3) is 0.650. The summed E-state index contributed by atoms with van der Waals surface area (Å²) in [6.45, 7) is 6.99. The number of unbranched alkanes of at least 4 members (excludes halogenated alkanes) is 1. The molecule has 0 unspecified atom stereocenters. The first-order valence-electron chi connectivity index (χ1n) is 9.73. The Morgan fingerprint density at radius 2 is 1.93 bits per heavy atom. The van der Waals surface area contributed by atoms with Gasteiger partial charge < -0.3 is 15.4 Å². The summed E-state index contributed by atoms with van der Waals surface area (Å²) in [5, 5.41) is 6.99. The smallest absolute Gasteiger partial charge is 0.191 e. The summed E-state index contributed by atoms with van der Waals surface area (Å²) < 4.78 is 6.60. The lowest BCUT2D eigenvalue weighted by Crippen LogP contribution is -2.42. The van der Waals surface area contributed by atoms with Crippen molar-refractivity contribution in [2.45, 2.75) is 31.1 Å². The van der Waals surface area contributed by atoms with Crippen molar-refractivity contribution >= 4 is 45.9 Å². The molecule has 0 radical (unpaired) electrons. The van der Waals surface area contributed by atoms with Crippen molar-refractivity contribution in [2.75, 3.05) is 53.0 Å². The topological polar surface area (TPSA) is 48.9 Å². The Morgan fingerprint density at radius 1 is 1.19 bits per heavy atom. The van der Waals surface area contributed by atoms with Crippen LogP contribution in [0, 0.1) is 0 Å². The lowest BCUT2D eigenvalue weighted by molar-refractivity contribution is 0.0372. The van der Waals surface area contributed by atoms with E-state index in [2.05, 4.69) is 60.7 Å². The largest absolute Gasteiger partial charge is 0.379 e. The molecule has 7 heteroatoms. The molecule has 2 aliphatic rings. The molecule has 1 saturated carbocycles. The first-order chi connectivity index (χ1) is 12.7. The van der Waals surface area contributed by atoms with Crippen LogP contribution in [0.3, 0.4) is 0 Å². The number of nitrogens with zero attached hydrogens (tertiary/aromatic N) is 2. The molecule has 0 bridgehead atoms.